The summed E-state index contributed by atoms with van der Waals surface area (Å²) in [7, 11) is 0. The molecule has 0 spiro atoms. The van der Waals surface area contributed by atoms with E-state index in [-0.39, 0.29) is 11.0 Å². The molecule has 1 atom stereocenters. The number of hydrogen-bond acceptors (Lipinski definition) is 2. The molecule has 0 saturated heterocycles. The lowest BCUT2D eigenvalue weighted by atomic mass is 10.1. The number of allylic oxidation sites excluding steroid dienone is 1. The number of thioether (sulfide) groups is 1. The van der Waals surface area contributed by atoms with Crippen LogP contribution in [0.2, 0.25) is 0 Å². The van der Waals surface area contributed by atoms with Gasteiger partial charge in [-0.15, -0.1) is 18.3 Å². The molecule has 108 valence electrons. The molecule has 0 aliphatic rings. The summed E-state index contributed by atoms with van der Waals surface area (Å²) in [4.78, 5) is 13.9. The fraction of sp³-hybridized carbons (Fsp3) is 0.211. The molecule has 21 heavy (non-hydrogen) atoms. The second-order valence-corrected chi connectivity index (χ2v) is 6.30. The summed E-state index contributed by atoms with van der Waals surface area (Å²) in [6.45, 7) is 7.98. The topological polar surface area (TPSA) is 17.1 Å². The standard InChI is InChI=1S/C19H20OS/c1-4-9-17(18(20)16-12-6-5-7-13-16)21-19-14(2)10-8-11-15(19)3/h4-8,10-13,17H,1,9H2,2-3H3. The Labute approximate surface area is 131 Å². The summed E-state index contributed by atoms with van der Waals surface area (Å²) in [5, 5.41) is -0.121. The Morgan fingerprint density at radius 1 is 1.10 bits per heavy atom. The number of ketones is 1. The van der Waals surface area contributed by atoms with Crippen molar-refractivity contribution in [2.45, 2.75) is 30.4 Å². The molecule has 0 radical (unpaired) electrons. The van der Waals surface area contributed by atoms with Gasteiger partial charge in [0.2, 0.25) is 0 Å². The first kappa shape index (κ1) is 15.6. The summed E-state index contributed by atoms with van der Waals surface area (Å²) >= 11 is 1.65. The molecule has 0 amide bonds. The van der Waals surface area contributed by atoms with E-state index in [0.717, 1.165) is 5.56 Å². The van der Waals surface area contributed by atoms with E-state index in [1.165, 1.54) is 16.0 Å². The average Bonchev–Trinajstić information content (AvgIpc) is 2.50. The van der Waals surface area contributed by atoms with Gasteiger partial charge in [0.25, 0.3) is 0 Å². The minimum atomic E-state index is -0.121. The summed E-state index contributed by atoms with van der Waals surface area (Å²) < 4.78 is 0. The first-order chi connectivity index (χ1) is 10.1. The van der Waals surface area contributed by atoms with Crippen LogP contribution in [0, 0.1) is 13.8 Å². The highest BCUT2D eigenvalue weighted by Crippen LogP contribution is 2.33. The van der Waals surface area contributed by atoms with Gasteiger partial charge in [-0.25, -0.2) is 0 Å². The normalized spacial score (nSPS) is 11.9. The Balaban J connectivity index is 2.28. The third kappa shape index (κ3) is 3.85. The lowest BCUT2D eigenvalue weighted by Crippen LogP contribution is -2.17. The fourth-order valence-corrected chi connectivity index (χ4v) is 3.54. The number of carbonyl (C=O) groups excluding carboxylic acids is 1. The molecule has 0 fully saturated rings. The number of carbonyl (C=O) groups is 1. The number of benzene rings is 2. The maximum absolute atomic E-state index is 12.7. The van der Waals surface area contributed by atoms with Gasteiger partial charge >= 0.3 is 0 Å². The third-order valence-electron chi connectivity index (χ3n) is 3.40. The van der Waals surface area contributed by atoms with Gasteiger partial charge in [0.15, 0.2) is 5.78 Å². The van der Waals surface area contributed by atoms with E-state index in [2.05, 4.69) is 38.6 Å². The number of Topliss-reactive ketones (excluding diaryl/α,β-unsaturated/α-hetero) is 1. The SMILES string of the molecule is C=CCC(Sc1c(C)cccc1C)C(=O)c1ccccc1. The number of rotatable bonds is 6. The Kier molecular flexibility index (Phi) is 5.40. The monoisotopic (exact) mass is 296 g/mol. The molecular formula is C19H20OS. The van der Waals surface area contributed by atoms with E-state index in [1.54, 1.807) is 11.8 Å². The average molecular weight is 296 g/mol. The molecule has 0 N–H and O–H groups in total. The second-order valence-electron chi connectivity index (χ2n) is 5.08. The smallest absolute Gasteiger partial charge is 0.176 e. The van der Waals surface area contributed by atoms with E-state index in [0.29, 0.717) is 6.42 Å². The molecule has 0 aromatic heterocycles. The molecule has 2 heteroatoms. The maximum atomic E-state index is 12.7. The van der Waals surface area contributed by atoms with E-state index in [1.807, 2.05) is 36.4 Å². The highest BCUT2D eigenvalue weighted by Gasteiger charge is 2.21. The van der Waals surface area contributed by atoms with E-state index < -0.39 is 0 Å². The van der Waals surface area contributed by atoms with Crippen LogP contribution < -0.4 is 0 Å². The highest BCUT2D eigenvalue weighted by molar-refractivity contribution is 8.00. The molecule has 2 aromatic carbocycles. The maximum Gasteiger partial charge on any atom is 0.176 e. The van der Waals surface area contributed by atoms with Crippen LogP contribution >= 0.6 is 11.8 Å². The molecule has 0 aliphatic heterocycles. The van der Waals surface area contributed by atoms with E-state index >= 15 is 0 Å². The van der Waals surface area contributed by atoms with Crippen LogP contribution in [-0.2, 0) is 0 Å². The van der Waals surface area contributed by atoms with Crippen LogP contribution in [0.5, 0.6) is 0 Å². The Morgan fingerprint density at radius 2 is 1.71 bits per heavy atom. The molecule has 2 rings (SSSR count). The van der Waals surface area contributed by atoms with Gasteiger partial charge in [-0.05, 0) is 31.4 Å². The molecule has 0 saturated carbocycles. The lowest BCUT2D eigenvalue weighted by molar-refractivity contribution is 0.0990. The van der Waals surface area contributed by atoms with Crippen molar-refractivity contribution >= 4 is 17.5 Å². The third-order valence-corrected chi connectivity index (χ3v) is 4.97. The van der Waals surface area contributed by atoms with Crippen molar-refractivity contribution < 1.29 is 4.79 Å². The van der Waals surface area contributed by atoms with Crippen molar-refractivity contribution in [1.82, 2.24) is 0 Å². The Hall–Kier alpha value is -1.80. The van der Waals surface area contributed by atoms with E-state index in [9.17, 15) is 4.79 Å². The van der Waals surface area contributed by atoms with Crippen molar-refractivity contribution in [3.8, 4) is 0 Å². The summed E-state index contributed by atoms with van der Waals surface area (Å²) in [5.41, 5.74) is 3.20. The molecule has 0 aliphatic carbocycles. The zero-order valence-electron chi connectivity index (χ0n) is 12.5. The first-order valence-corrected chi connectivity index (χ1v) is 7.94. The first-order valence-electron chi connectivity index (χ1n) is 7.06. The predicted molar refractivity (Wildman–Crippen MR) is 91.1 cm³/mol. The predicted octanol–water partition coefficient (Wildman–Crippen LogP) is 5.22. The second kappa shape index (κ2) is 7.28. The van der Waals surface area contributed by atoms with Gasteiger partial charge in [0.1, 0.15) is 0 Å². The Morgan fingerprint density at radius 3 is 2.29 bits per heavy atom. The van der Waals surface area contributed by atoms with Crippen LogP contribution in [0.3, 0.4) is 0 Å². The van der Waals surface area contributed by atoms with Gasteiger partial charge < -0.3 is 0 Å². The Bertz CT molecular complexity index is 611. The number of hydrogen-bond donors (Lipinski definition) is 0. The van der Waals surface area contributed by atoms with Gasteiger partial charge in [-0.1, -0.05) is 54.6 Å². The fourth-order valence-electron chi connectivity index (χ4n) is 2.28. The lowest BCUT2D eigenvalue weighted by Gasteiger charge is -2.17. The largest absolute Gasteiger partial charge is 0.293 e. The minimum Gasteiger partial charge on any atom is -0.293 e. The van der Waals surface area contributed by atoms with Crippen LogP contribution in [0.15, 0.2) is 66.1 Å². The minimum absolute atomic E-state index is 0.121. The molecular weight excluding hydrogens is 276 g/mol. The summed E-state index contributed by atoms with van der Waals surface area (Å²) in [6, 6.07) is 15.7. The van der Waals surface area contributed by atoms with Crippen LogP contribution in [0.1, 0.15) is 27.9 Å². The summed E-state index contributed by atoms with van der Waals surface area (Å²) in [5.74, 6) is 0.170. The van der Waals surface area contributed by atoms with E-state index in [4.69, 9.17) is 0 Å². The zero-order chi connectivity index (χ0) is 15.2. The van der Waals surface area contributed by atoms with Crippen LogP contribution in [-0.4, -0.2) is 11.0 Å². The molecule has 1 nitrogen and oxygen atoms in total. The van der Waals surface area contributed by atoms with Gasteiger partial charge in [0, 0.05) is 10.5 Å². The van der Waals surface area contributed by atoms with Crippen molar-refractivity contribution in [3.05, 3.63) is 77.9 Å². The van der Waals surface area contributed by atoms with Gasteiger partial charge in [0.05, 0.1) is 5.25 Å². The van der Waals surface area contributed by atoms with Crippen LogP contribution in [0.4, 0.5) is 0 Å². The van der Waals surface area contributed by atoms with Gasteiger partial charge in [-0.3, -0.25) is 4.79 Å². The van der Waals surface area contributed by atoms with Crippen LogP contribution in [0.25, 0.3) is 0 Å². The molecule has 0 heterocycles. The van der Waals surface area contributed by atoms with Crippen molar-refractivity contribution in [2.24, 2.45) is 0 Å². The van der Waals surface area contributed by atoms with Gasteiger partial charge in [-0.2, -0.15) is 0 Å². The highest BCUT2D eigenvalue weighted by atomic mass is 32.2. The molecule has 1 unspecified atom stereocenters. The summed E-state index contributed by atoms with van der Waals surface area (Å²) in [6.07, 6.45) is 2.50. The number of aryl methyl sites for hydroxylation is 2. The van der Waals surface area contributed by atoms with Crippen molar-refractivity contribution in [2.75, 3.05) is 0 Å². The zero-order valence-corrected chi connectivity index (χ0v) is 13.3. The molecule has 0 bridgehead atoms. The quantitative estimate of drug-likeness (QED) is 0.413. The van der Waals surface area contributed by atoms with Crippen molar-refractivity contribution in [3.63, 3.8) is 0 Å². The molecule has 2 aromatic rings. The van der Waals surface area contributed by atoms with Crippen molar-refractivity contribution in [1.29, 1.82) is 0 Å².